The summed E-state index contributed by atoms with van der Waals surface area (Å²) in [6, 6.07) is 22.7. The Hall–Kier alpha value is -7.21. The lowest BCUT2D eigenvalue weighted by molar-refractivity contribution is -0.138. The van der Waals surface area contributed by atoms with Gasteiger partial charge >= 0.3 is 0 Å². The quantitative estimate of drug-likeness (QED) is 0.152. The molecule has 0 bridgehead atoms. The van der Waals surface area contributed by atoms with E-state index in [2.05, 4.69) is 69.5 Å². The van der Waals surface area contributed by atoms with Crippen LogP contribution in [-0.2, 0) is 25.6 Å². The summed E-state index contributed by atoms with van der Waals surface area (Å²) in [7, 11) is 0. The number of nitrogens with zero attached hydrogens (tertiary/aromatic N) is 8. The fourth-order valence-electron chi connectivity index (χ4n) is 11.1. The first-order valence-electron chi connectivity index (χ1n) is 23.7. The van der Waals surface area contributed by atoms with Crippen molar-refractivity contribution in [2.24, 2.45) is 5.41 Å². The fraction of sp³-hybridized carbons (Fsp3) is 0.420. The summed E-state index contributed by atoms with van der Waals surface area (Å²) in [5.74, 6) is -1.76. The number of likely N-dealkylation sites (tertiary alicyclic amines) is 1. The first-order chi connectivity index (χ1) is 33.1. The standard InChI is InChI=1S/C50H53N11O7/c62-40-14-13-38(47(65)56-40)61-48(66)37-7-4-8-39(43(37)49(61)67)68-28-42(64)59-17-15-50(16-18-59)26-36(27-50)58-21-19-57(20-22-58)34-11-9-32(10-12-34)55-45-44-46(52-29-51-45)60(30-53-44)35-24-33(25-35)54-41(63)23-31-5-2-1-3-6-31/h1-12,29-30,33,35-36,38H,13-28H2,(H,54,63)(H,51,52,55)(H,56,62,65). The SMILES string of the molecule is O=C1CCC(N2C(=O)c3cccc(OCC(=O)N4CCC5(CC4)CC(N4CCN(c6ccc(Nc7ncnc8c7ncn8C7CC(NC(=O)Cc8ccccc8)C7)cc6)CC4)C5)c3C2=O)C(=O)N1. The number of nitrogens with one attached hydrogen (secondary N) is 3. The molecule has 18 heteroatoms. The number of benzene rings is 3. The van der Waals surface area contributed by atoms with Crippen molar-refractivity contribution in [3.8, 4) is 5.75 Å². The van der Waals surface area contributed by atoms with E-state index in [4.69, 9.17) is 4.74 Å². The van der Waals surface area contributed by atoms with Crippen LogP contribution in [0.3, 0.4) is 0 Å². The number of imidazole rings is 1. The molecule has 2 aromatic heterocycles. The normalized spacial score (nSPS) is 22.7. The van der Waals surface area contributed by atoms with Gasteiger partial charge in [-0.3, -0.25) is 43.9 Å². The van der Waals surface area contributed by atoms with Crippen molar-refractivity contribution >= 4 is 63.8 Å². The van der Waals surface area contributed by atoms with Crippen molar-refractivity contribution in [1.29, 1.82) is 0 Å². The molecular formula is C50H53N11O7. The zero-order chi connectivity index (χ0) is 46.5. The molecular weight excluding hydrogens is 867 g/mol. The lowest BCUT2D eigenvalue weighted by Gasteiger charge is -2.56. The Morgan fingerprint density at radius 1 is 0.809 bits per heavy atom. The third-order valence-corrected chi connectivity index (χ3v) is 15.1. The molecule has 6 aliphatic rings. The summed E-state index contributed by atoms with van der Waals surface area (Å²) < 4.78 is 7.99. The maximum Gasteiger partial charge on any atom is 0.266 e. The molecule has 4 aliphatic heterocycles. The van der Waals surface area contributed by atoms with Crippen molar-refractivity contribution in [3.05, 3.63) is 102 Å². The summed E-state index contributed by atoms with van der Waals surface area (Å²) in [6.07, 6.45) is 9.64. The van der Waals surface area contributed by atoms with Crippen LogP contribution in [0.4, 0.5) is 17.2 Å². The zero-order valence-electron chi connectivity index (χ0n) is 37.6. The summed E-state index contributed by atoms with van der Waals surface area (Å²) in [4.78, 5) is 98.3. The zero-order valence-corrected chi connectivity index (χ0v) is 37.6. The van der Waals surface area contributed by atoms with E-state index in [1.807, 2.05) is 41.6 Å². The number of anilines is 3. The van der Waals surface area contributed by atoms with Gasteiger partial charge in [0.1, 0.15) is 18.1 Å². The van der Waals surface area contributed by atoms with Crippen molar-refractivity contribution in [1.82, 2.24) is 44.9 Å². The fourth-order valence-corrected chi connectivity index (χ4v) is 11.1. The molecule has 350 valence electrons. The molecule has 18 nitrogen and oxygen atoms in total. The summed E-state index contributed by atoms with van der Waals surface area (Å²) in [5, 5.41) is 8.82. The lowest BCUT2D eigenvalue weighted by atomic mass is 9.60. The van der Waals surface area contributed by atoms with E-state index in [0.29, 0.717) is 36.9 Å². The number of piperidine rings is 2. The lowest BCUT2D eigenvalue weighted by Crippen LogP contribution is -2.59. The average molecular weight is 920 g/mol. The first-order valence-corrected chi connectivity index (χ1v) is 23.7. The second-order valence-electron chi connectivity index (χ2n) is 19.2. The third-order valence-electron chi connectivity index (χ3n) is 15.1. The molecule has 5 fully saturated rings. The number of imide groups is 2. The highest BCUT2D eigenvalue weighted by Crippen LogP contribution is 2.51. The number of rotatable bonds is 12. The van der Waals surface area contributed by atoms with Gasteiger partial charge in [0.2, 0.25) is 17.7 Å². The van der Waals surface area contributed by atoms with E-state index >= 15 is 0 Å². The Kier molecular flexibility index (Phi) is 11.3. The van der Waals surface area contributed by atoms with E-state index in [0.717, 1.165) is 86.5 Å². The smallest absolute Gasteiger partial charge is 0.266 e. The Bertz CT molecular complexity index is 2790. The Morgan fingerprint density at radius 3 is 2.32 bits per heavy atom. The van der Waals surface area contributed by atoms with E-state index in [1.165, 1.54) is 11.8 Å². The van der Waals surface area contributed by atoms with Crippen LogP contribution in [0.5, 0.6) is 5.75 Å². The molecule has 6 amide bonds. The molecule has 3 N–H and O–H groups in total. The number of amides is 6. The second kappa shape index (κ2) is 17.8. The summed E-state index contributed by atoms with van der Waals surface area (Å²) in [6.45, 7) is 4.90. The number of aromatic nitrogens is 4. The van der Waals surface area contributed by atoms with Gasteiger partial charge < -0.3 is 29.7 Å². The Balaban J connectivity index is 0.613. The number of hydrogen-bond acceptors (Lipinski definition) is 13. The maximum atomic E-state index is 13.4. The molecule has 3 aromatic carbocycles. The summed E-state index contributed by atoms with van der Waals surface area (Å²) >= 11 is 0. The van der Waals surface area contributed by atoms with Gasteiger partial charge in [-0.15, -0.1) is 0 Å². The highest BCUT2D eigenvalue weighted by atomic mass is 16.5. The number of ether oxygens (including phenoxy) is 1. The van der Waals surface area contributed by atoms with Gasteiger partial charge in [0.15, 0.2) is 23.6 Å². The van der Waals surface area contributed by atoms with Crippen molar-refractivity contribution in [2.45, 2.75) is 82.0 Å². The Labute approximate surface area is 392 Å². The van der Waals surface area contributed by atoms with E-state index < -0.39 is 29.7 Å². The maximum absolute atomic E-state index is 13.4. The minimum Gasteiger partial charge on any atom is -0.483 e. The Morgan fingerprint density at radius 2 is 1.57 bits per heavy atom. The summed E-state index contributed by atoms with van der Waals surface area (Å²) in [5.41, 5.74) is 4.97. The van der Waals surface area contributed by atoms with Crippen LogP contribution >= 0.6 is 0 Å². The molecule has 2 saturated carbocycles. The minimum absolute atomic E-state index is 0.0304. The molecule has 1 unspecified atom stereocenters. The van der Waals surface area contributed by atoms with Crippen molar-refractivity contribution in [2.75, 3.05) is 56.1 Å². The van der Waals surface area contributed by atoms with Crippen LogP contribution in [0, 0.1) is 5.41 Å². The van der Waals surface area contributed by atoms with Crippen molar-refractivity contribution in [3.63, 3.8) is 0 Å². The molecule has 11 rings (SSSR count). The predicted molar refractivity (Wildman–Crippen MR) is 249 cm³/mol. The van der Waals surface area contributed by atoms with Crippen LogP contribution in [0.25, 0.3) is 11.2 Å². The van der Waals surface area contributed by atoms with Gasteiger partial charge in [0, 0.05) is 75.2 Å². The van der Waals surface area contributed by atoms with E-state index in [1.54, 1.807) is 18.5 Å². The third kappa shape index (κ3) is 8.30. The molecule has 2 aliphatic carbocycles. The van der Waals surface area contributed by atoms with Gasteiger partial charge in [-0.2, -0.15) is 0 Å². The van der Waals surface area contributed by atoms with Gasteiger partial charge in [0.05, 0.1) is 23.9 Å². The highest BCUT2D eigenvalue weighted by molar-refractivity contribution is 6.24. The molecule has 5 aromatic rings. The molecule has 0 radical (unpaired) electrons. The molecule has 6 heterocycles. The number of fused-ring (bicyclic) bond motifs is 2. The topological polar surface area (TPSA) is 204 Å². The molecule has 3 saturated heterocycles. The number of piperazine rings is 1. The van der Waals surface area contributed by atoms with Gasteiger partial charge in [-0.25, -0.2) is 15.0 Å². The molecule has 1 atom stereocenters. The molecule has 68 heavy (non-hydrogen) atoms. The first kappa shape index (κ1) is 43.4. The van der Waals surface area contributed by atoms with Crippen molar-refractivity contribution < 1.29 is 33.5 Å². The van der Waals surface area contributed by atoms with Crippen LogP contribution < -0.4 is 25.6 Å². The van der Waals surface area contributed by atoms with Crippen LogP contribution in [0.1, 0.15) is 83.7 Å². The molecule has 1 spiro atoms. The van der Waals surface area contributed by atoms with Gasteiger partial charge in [-0.05, 0) is 92.3 Å². The van der Waals surface area contributed by atoms with Crippen LogP contribution in [-0.4, -0.2) is 134 Å². The monoisotopic (exact) mass is 919 g/mol. The second-order valence-corrected chi connectivity index (χ2v) is 19.2. The van der Waals surface area contributed by atoms with E-state index in [-0.39, 0.29) is 65.6 Å². The number of hydrogen-bond donors (Lipinski definition) is 3. The van der Waals surface area contributed by atoms with Gasteiger partial charge in [0.25, 0.3) is 17.7 Å². The van der Waals surface area contributed by atoms with E-state index in [9.17, 15) is 28.8 Å². The van der Waals surface area contributed by atoms with Crippen LogP contribution in [0.15, 0.2) is 85.5 Å². The highest BCUT2D eigenvalue weighted by Gasteiger charge is 2.49. The van der Waals surface area contributed by atoms with Gasteiger partial charge in [-0.1, -0.05) is 36.4 Å². The largest absolute Gasteiger partial charge is 0.483 e. The van der Waals surface area contributed by atoms with Crippen LogP contribution in [0.2, 0.25) is 0 Å². The average Bonchev–Trinajstić information content (AvgIpc) is 3.87. The minimum atomic E-state index is -1.08. The number of carbonyl (C=O) groups is 6. The predicted octanol–water partition coefficient (Wildman–Crippen LogP) is 4.01. The number of carbonyl (C=O) groups excluding carboxylic acids is 6.